The Morgan fingerprint density at radius 3 is 2.39 bits per heavy atom. The average molecular weight is 255 g/mol. The number of carbonyl (C=O) groups excluding carboxylic acids is 1. The molecule has 0 saturated heterocycles. The molecule has 2 amide bonds. The van der Waals surface area contributed by atoms with Crippen LogP contribution < -0.4 is 0 Å². The van der Waals surface area contributed by atoms with Gasteiger partial charge in [-0.2, -0.15) is 5.26 Å². The van der Waals surface area contributed by atoms with Gasteiger partial charge in [-0.15, -0.1) is 0 Å². The number of hydrogen-bond acceptors (Lipinski definition) is 3. The van der Waals surface area contributed by atoms with E-state index in [1.807, 2.05) is 19.9 Å². The molecule has 0 saturated carbocycles. The lowest BCUT2D eigenvalue weighted by atomic mass is 10.2. The standard InChI is InChI=1S/C12H21N3O3/c1-10(2)9-15(7-4-6-13)12(18)14(3)8-5-11(16)17/h10H,4-5,7-9H2,1-3H3,(H,16,17). The van der Waals surface area contributed by atoms with E-state index in [0.717, 1.165) is 0 Å². The van der Waals surface area contributed by atoms with Gasteiger partial charge in [-0.1, -0.05) is 13.8 Å². The van der Waals surface area contributed by atoms with E-state index in [9.17, 15) is 9.59 Å². The van der Waals surface area contributed by atoms with Crippen molar-refractivity contribution in [1.82, 2.24) is 9.80 Å². The van der Waals surface area contributed by atoms with E-state index in [2.05, 4.69) is 0 Å². The number of aliphatic carboxylic acids is 1. The van der Waals surface area contributed by atoms with Gasteiger partial charge in [0.2, 0.25) is 0 Å². The molecule has 0 bridgehead atoms. The molecule has 0 fully saturated rings. The third-order valence-electron chi connectivity index (χ3n) is 2.34. The molecule has 0 spiro atoms. The molecule has 0 aliphatic rings. The quantitative estimate of drug-likeness (QED) is 0.744. The van der Waals surface area contributed by atoms with Gasteiger partial charge in [0, 0.05) is 26.7 Å². The third kappa shape index (κ3) is 6.74. The third-order valence-corrected chi connectivity index (χ3v) is 2.34. The highest BCUT2D eigenvalue weighted by Gasteiger charge is 2.18. The predicted molar refractivity (Wildman–Crippen MR) is 66.9 cm³/mol. The van der Waals surface area contributed by atoms with E-state index in [1.54, 1.807) is 11.9 Å². The van der Waals surface area contributed by atoms with E-state index in [0.29, 0.717) is 19.0 Å². The minimum atomic E-state index is -0.929. The Morgan fingerprint density at radius 1 is 1.33 bits per heavy atom. The van der Waals surface area contributed by atoms with Crippen LogP contribution in [0.5, 0.6) is 0 Å². The summed E-state index contributed by atoms with van der Waals surface area (Å²) >= 11 is 0. The molecule has 6 nitrogen and oxygen atoms in total. The Balaban J connectivity index is 4.42. The van der Waals surface area contributed by atoms with Crippen molar-refractivity contribution in [2.75, 3.05) is 26.7 Å². The Labute approximate surface area is 108 Å². The second-order valence-corrected chi connectivity index (χ2v) is 4.60. The predicted octanol–water partition coefficient (Wildman–Crippen LogP) is 1.38. The first-order valence-corrected chi connectivity index (χ1v) is 5.97. The molecule has 0 aliphatic heterocycles. The average Bonchev–Trinajstić information content (AvgIpc) is 2.29. The molecule has 102 valence electrons. The fraction of sp³-hybridized carbons (Fsp3) is 0.750. The molecule has 0 heterocycles. The number of carboxylic acids is 1. The Morgan fingerprint density at radius 2 is 1.94 bits per heavy atom. The molecule has 0 radical (unpaired) electrons. The molecule has 0 unspecified atom stereocenters. The van der Waals surface area contributed by atoms with E-state index < -0.39 is 5.97 Å². The largest absolute Gasteiger partial charge is 0.481 e. The van der Waals surface area contributed by atoms with Gasteiger partial charge in [0.15, 0.2) is 0 Å². The lowest BCUT2D eigenvalue weighted by Gasteiger charge is -2.28. The van der Waals surface area contributed by atoms with Gasteiger partial charge < -0.3 is 14.9 Å². The topological polar surface area (TPSA) is 84.6 Å². The highest BCUT2D eigenvalue weighted by atomic mass is 16.4. The van der Waals surface area contributed by atoms with Gasteiger partial charge in [-0.05, 0) is 5.92 Å². The Kier molecular flexibility index (Phi) is 7.52. The lowest BCUT2D eigenvalue weighted by molar-refractivity contribution is -0.137. The van der Waals surface area contributed by atoms with Gasteiger partial charge in [-0.3, -0.25) is 4.79 Å². The van der Waals surface area contributed by atoms with Crippen LogP contribution in [-0.4, -0.2) is 53.6 Å². The van der Waals surface area contributed by atoms with Crippen LogP contribution in [0.15, 0.2) is 0 Å². The summed E-state index contributed by atoms with van der Waals surface area (Å²) in [6.07, 6.45) is 0.210. The number of carboxylic acid groups (broad SMARTS) is 1. The highest BCUT2D eigenvalue weighted by molar-refractivity contribution is 5.75. The number of nitrogens with zero attached hydrogens (tertiary/aromatic N) is 3. The van der Waals surface area contributed by atoms with Crippen LogP contribution in [0.3, 0.4) is 0 Å². The molecule has 0 aromatic rings. The smallest absolute Gasteiger partial charge is 0.319 e. The van der Waals surface area contributed by atoms with Crippen LogP contribution in [0.2, 0.25) is 0 Å². The second kappa shape index (κ2) is 8.34. The van der Waals surface area contributed by atoms with Crippen LogP contribution >= 0.6 is 0 Å². The zero-order valence-corrected chi connectivity index (χ0v) is 11.2. The zero-order valence-electron chi connectivity index (χ0n) is 11.2. The number of amides is 2. The lowest BCUT2D eigenvalue weighted by Crippen LogP contribution is -2.44. The summed E-state index contributed by atoms with van der Waals surface area (Å²) in [7, 11) is 1.57. The van der Waals surface area contributed by atoms with Crippen LogP contribution in [0.1, 0.15) is 26.7 Å². The molecule has 0 rings (SSSR count). The Bertz CT molecular complexity index is 323. The van der Waals surface area contributed by atoms with Crippen LogP contribution in [-0.2, 0) is 4.79 Å². The van der Waals surface area contributed by atoms with Gasteiger partial charge >= 0.3 is 12.0 Å². The van der Waals surface area contributed by atoms with Gasteiger partial charge in [0.25, 0.3) is 0 Å². The van der Waals surface area contributed by atoms with E-state index >= 15 is 0 Å². The molecule has 0 aromatic heterocycles. The summed E-state index contributed by atoms with van der Waals surface area (Å²) in [6, 6.07) is 1.79. The van der Waals surface area contributed by atoms with Crippen molar-refractivity contribution in [3.63, 3.8) is 0 Å². The molecule has 1 N–H and O–H groups in total. The maximum absolute atomic E-state index is 12.0. The molecule has 6 heteroatoms. The maximum atomic E-state index is 12.0. The van der Waals surface area contributed by atoms with Crippen molar-refractivity contribution >= 4 is 12.0 Å². The second-order valence-electron chi connectivity index (χ2n) is 4.60. The number of nitriles is 1. The van der Waals surface area contributed by atoms with Crippen molar-refractivity contribution < 1.29 is 14.7 Å². The summed E-state index contributed by atoms with van der Waals surface area (Å²) in [4.78, 5) is 25.5. The molecule has 0 atom stereocenters. The van der Waals surface area contributed by atoms with Crippen molar-refractivity contribution in [2.24, 2.45) is 5.92 Å². The summed E-state index contributed by atoms with van der Waals surface area (Å²) in [5, 5.41) is 17.1. The molecular formula is C12H21N3O3. The SMILES string of the molecule is CC(C)CN(CCC#N)C(=O)N(C)CCC(=O)O. The highest BCUT2D eigenvalue weighted by Crippen LogP contribution is 2.04. The van der Waals surface area contributed by atoms with Crippen LogP contribution in [0.25, 0.3) is 0 Å². The number of carbonyl (C=O) groups is 2. The fourth-order valence-electron chi connectivity index (χ4n) is 1.49. The van der Waals surface area contributed by atoms with Gasteiger partial charge in [0.1, 0.15) is 0 Å². The number of urea groups is 1. The molecule has 0 aliphatic carbocycles. The molecular weight excluding hydrogens is 234 g/mol. The first-order chi connectivity index (χ1) is 8.38. The number of hydrogen-bond donors (Lipinski definition) is 1. The maximum Gasteiger partial charge on any atom is 0.319 e. The van der Waals surface area contributed by atoms with Crippen molar-refractivity contribution in [3.8, 4) is 6.07 Å². The van der Waals surface area contributed by atoms with Gasteiger partial charge in [-0.25, -0.2) is 4.79 Å². The summed E-state index contributed by atoms with van der Waals surface area (Å²) in [5.41, 5.74) is 0. The van der Waals surface area contributed by atoms with E-state index in [1.165, 1.54) is 4.90 Å². The minimum Gasteiger partial charge on any atom is -0.481 e. The fourth-order valence-corrected chi connectivity index (χ4v) is 1.49. The number of rotatable bonds is 7. The summed E-state index contributed by atoms with van der Waals surface area (Å²) in [5.74, 6) is -0.623. The first-order valence-electron chi connectivity index (χ1n) is 5.97. The van der Waals surface area contributed by atoms with Crippen LogP contribution in [0.4, 0.5) is 4.79 Å². The molecule has 18 heavy (non-hydrogen) atoms. The molecule has 0 aromatic carbocycles. The monoisotopic (exact) mass is 255 g/mol. The first kappa shape index (κ1) is 16.2. The summed E-state index contributed by atoms with van der Waals surface area (Å²) in [6.45, 7) is 5.10. The van der Waals surface area contributed by atoms with Crippen LogP contribution in [0, 0.1) is 17.2 Å². The van der Waals surface area contributed by atoms with E-state index in [4.69, 9.17) is 10.4 Å². The van der Waals surface area contributed by atoms with Crippen molar-refractivity contribution in [1.29, 1.82) is 5.26 Å². The Hall–Kier alpha value is -1.77. The minimum absolute atomic E-state index is 0.0734. The zero-order chi connectivity index (χ0) is 14.1. The van der Waals surface area contributed by atoms with Crippen molar-refractivity contribution in [2.45, 2.75) is 26.7 Å². The normalized spacial score (nSPS) is 9.94. The summed E-state index contributed by atoms with van der Waals surface area (Å²) < 4.78 is 0. The van der Waals surface area contributed by atoms with Crippen molar-refractivity contribution in [3.05, 3.63) is 0 Å². The van der Waals surface area contributed by atoms with E-state index in [-0.39, 0.29) is 25.4 Å². The van der Waals surface area contributed by atoms with Gasteiger partial charge in [0.05, 0.1) is 18.9 Å².